The Hall–Kier alpha value is -4.05. The first-order valence-electron chi connectivity index (χ1n) is 15.0. The van der Waals surface area contributed by atoms with Gasteiger partial charge in [0.1, 0.15) is 18.3 Å². The van der Waals surface area contributed by atoms with Crippen LogP contribution in [0.3, 0.4) is 0 Å². The van der Waals surface area contributed by atoms with Crippen LogP contribution in [0.5, 0.6) is 5.75 Å². The minimum absolute atomic E-state index is 0.0143. The summed E-state index contributed by atoms with van der Waals surface area (Å²) in [5, 5.41) is 3.72. The number of benzene rings is 4. The van der Waals surface area contributed by atoms with Crippen molar-refractivity contribution in [3.63, 3.8) is 0 Å². The molecule has 1 atom stereocenters. The van der Waals surface area contributed by atoms with Crippen molar-refractivity contribution >= 4 is 50.7 Å². The minimum Gasteiger partial charge on any atom is -0.495 e. The first-order chi connectivity index (χ1) is 22.2. The summed E-state index contributed by atoms with van der Waals surface area (Å²) in [6.07, 6.45) is 0.181. The predicted molar refractivity (Wildman–Crippen MR) is 188 cm³/mol. The largest absolute Gasteiger partial charge is 0.495 e. The molecule has 4 aromatic carbocycles. The Morgan fingerprint density at radius 3 is 2.11 bits per heavy atom. The third kappa shape index (κ3) is 9.50. The molecule has 2 amide bonds. The number of hydrogen-bond donors (Lipinski definition) is 1. The maximum absolute atomic E-state index is 14.7. The molecule has 47 heavy (non-hydrogen) atoms. The first kappa shape index (κ1) is 35.8. The average Bonchev–Trinajstić information content (AvgIpc) is 3.01. The molecule has 248 valence electrons. The summed E-state index contributed by atoms with van der Waals surface area (Å²) < 4.78 is 35.2. The fourth-order valence-electron chi connectivity index (χ4n) is 5.05. The monoisotopic (exact) mass is 695 g/mol. The third-order valence-electron chi connectivity index (χ3n) is 7.31. The van der Waals surface area contributed by atoms with E-state index in [1.807, 2.05) is 58.0 Å². The summed E-state index contributed by atoms with van der Waals surface area (Å²) >= 11 is 12.7. The second-order valence-corrected chi connectivity index (χ2v) is 15.0. The quantitative estimate of drug-likeness (QED) is 0.171. The molecule has 0 spiro atoms. The van der Waals surface area contributed by atoms with Gasteiger partial charge in [-0.2, -0.15) is 0 Å². The third-order valence-corrected chi connectivity index (χ3v) is 9.55. The fraction of sp³-hybridized carbons (Fsp3) is 0.278. The molecule has 0 aliphatic rings. The maximum atomic E-state index is 14.7. The molecule has 0 radical (unpaired) electrons. The van der Waals surface area contributed by atoms with Crippen LogP contribution >= 0.6 is 23.2 Å². The Balaban J connectivity index is 1.87. The van der Waals surface area contributed by atoms with E-state index < -0.39 is 34.1 Å². The fourth-order valence-corrected chi connectivity index (χ4v) is 6.84. The van der Waals surface area contributed by atoms with Gasteiger partial charge in [-0.05, 0) is 81.3 Å². The van der Waals surface area contributed by atoms with Crippen LogP contribution in [0.15, 0.2) is 102 Å². The van der Waals surface area contributed by atoms with E-state index in [1.54, 1.807) is 48.5 Å². The number of rotatable bonds is 12. The van der Waals surface area contributed by atoms with Gasteiger partial charge in [-0.3, -0.25) is 13.9 Å². The van der Waals surface area contributed by atoms with Gasteiger partial charge < -0.3 is 15.0 Å². The molecule has 0 saturated heterocycles. The number of methoxy groups -OCH3 is 1. The second kappa shape index (κ2) is 15.2. The molecule has 0 aliphatic carbocycles. The second-order valence-electron chi connectivity index (χ2n) is 12.2. The van der Waals surface area contributed by atoms with Crippen LogP contribution in [0, 0.1) is 6.92 Å². The number of aryl methyl sites for hydroxylation is 1. The topological polar surface area (TPSA) is 96.0 Å². The zero-order valence-electron chi connectivity index (χ0n) is 27.0. The lowest BCUT2D eigenvalue weighted by Crippen LogP contribution is -2.56. The Labute approximate surface area is 287 Å². The van der Waals surface area contributed by atoms with Crippen LogP contribution in [0.1, 0.15) is 37.5 Å². The van der Waals surface area contributed by atoms with Crippen LogP contribution in [-0.4, -0.2) is 50.4 Å². The molecule has 0 fully saturated rings. The molecule has 0 aliphatic heterocycles. The number of nitrogens with zero attached hydrogens (tertiary/aromatic N) is 2. The van der Waals surface area contributed by atoms with E-state index in [0.29, 0.717) is 10.6 Å². The maximum Gasteiger partial charge on any atom is 0.264 e. The Bertz CT molecular complexity index is 1810. The van der Waals surface area contributed by atoms with Gasteiger partial charge in [-0.1, -0.05) is 83.4 Å². The van der Waals surface area contributed by atoms with E-state index in [9.17, 15) is 18.0 Å². The molecular formula is C36H39Cl2N3O5S. The van der Waals surface area contributed by atoms with Crippen molar-refractivity contribution in [1.82, 2.24) is 10.2 Å². The Morgan fingerprint density at radius 2 is 1.49 bits per heavy atom. The highest BCUT2D eigenvalue weighted by Crippen LogP contribution is 2.35. The van der Waals surface area contributed by atoms with Crippen molar-refractivity contribution in [2.24, 2.45) is 0 Å². The van der Waals surface area contributed by atoms with E-state index in [1.165, 1.54) is 30.2 Å². The highest BCUT2D eigenvalue weighted by Gasteiger charge is 2.36. The minimum atomic E-state index is -4.34. The molecule has 0 heterocycles. The standard InChI is InChI=1S/C36H39Cl2N3O5S/c1-25-14-17-30(18-15-25)47(44,45)41(31-22-29(38)16-19-33(31)46-5)24-34(42)40(23-27-12-9-13-28(37)20-27)32(35(43)39-36(2,3)4)21-26-10-7-6-8-11-26/h6-20,22,32H,21,23-24H2,1-5H3,(H,39,43)/t32-/m1/s1. The molecule has 8 nitrogen and oxygen atoms in total. The first-order valence-corrected chi connectivity index (χ1v) is 17.2. The molecule has 4 rings (SSSR count). The summed E-state index contributed by atoms with van der Waals surface area (Å²) in [6, 6.07) is 26.2. The molecule has 4 aromatic rings. The Kier molecular flexibility index (Phi) is 11.6. The molecular weight excluding hydrogens is 657 g/mol. The average molecular weight is 697 g/mol. The number of halogens is 2. The van der Waals surface area contributed by atoms with Gasteiger partial charge in [0.15, 0.2) is 0 Å². The van der Waals surface area contributed by atoms with E-state index in [-0.39, 0.29) is 40.2 Å². The zero-order chi connectivity index (χ0) is 34.4. The lowest BCUT2D eigenvalue weighted by atomic mass is 10.0. The van der Waals surface area contributed by atoms with E-state index in [4.69, 9.17) is 27.9 Å². The summed E-state index contributed by atoms with van der Waals surface area (Å²) in [5.74, 6) is -0.803. The highest BCUT2D eigenvalue weighted by molar-refractivity contribution is 7.92. The number of nitrogens with one attached hydrogen (secondary N) is 1. The summed E-state index contributed by atoms with van der Waals surface area (Å²) in [7, 11) is -2.93. The normalized spacial score (nSPS) is 12.2. The molecule has 0 saturated carbocycles. The number of anilines is 1. The zero-order valence-corrected chi connectivity index (χ0v) is 29.4. The van der Waals surface area contributed by atoms with Crippen LogP contribution in [0.2, 0.25) is 10.0 Å². The number of amides is 2. The lowest BCUT2D eigenvalue weighted by molar-refractivity contribution is -0.140. The van der Waals surface area contributed by atoms with Gasteiger partial charge in [0.2, 0.25) is 11.8 Å². The summed E-state index contributed by atoms with van der Waals surface area (Å²) in [4.78, 5) is 30.1. The van der Waals surface area contributed by atoms with E-state index in [0.717, 1.165) is 15.4 Å². The van der Waals surface area contributed by atoms with E-state index in [2.05, 4.69) is 5.32 Å². The molecule has 11 heteroatoms. The number of ether oxygens (including phenoxy) is 1. The number of hydrogen-bond acceptors (Lipinski definition) is 5. The van der Waals surface area contributed by atoms with Crippen LogP contribution in [0.25, 0.3) is 0 Å². The lowest BCUT2D eigenvalue weighted by Gasteiger charge is -2.35. The SMILES string of the molecule is COc1ccc(Cl)cc1N(CC(=O)N(Cc1cccc(Cl)c1)[C@H](Cc1ccccc1)C(=O)NC(C)(C)C)S(=O)(=O)c1ccc(C)cc1. The number of sulfonamides is 1. The van der Waals surface area contributed by atoms with Crippen LogP contribution in [-0.2, 0) is 32.6 Å². The molecule has 1 N–H and O–H groups in total. The van der Waals surface area contributed by atoms with Crippen molar-refractivity contribution in [3.05, 3.63) is 124 Å². The summed E-state index contributed by atoms with van der Waals surface area (Å²) in [6.45, 7) is 6.75. The molecule has 0 bridgehead atoms. The molecule has 0 aromatic heterocycles. The highest BCUT2D eigenvalue weighted by atomic mass is 35.5. The van der Waals surface area contributed by atoms with E-state index >= 15 is 0 Å². The van der Waals surface area contributed by atoms with Crippen molar-refractivity contribution in [3.8, 4) is 5.75 Å². The van der Waals surface area contributed by atoms with Crippen molar-refractivity contribution in [2.45, 2.75) is 57.1 Å². The van der Waals surface area contributed by atoms with Gasteiger partial charge >= 0.3 is 0 Å². The number of carbonyl (C=O) groups is 2. The summed E-state index contributed by atoms with van der Waals surface area (Å²) in [5.41, 5.74) is 1.83. The van der Waals surface area contributed by atoms with Crippen molar-refractivity contribution in [2.75, 3.05) is 18.0 Å². The van der Waals surface area contributed by atoms with Crippen LogP contribution in [0.4, 0.5) is 5.69 Å². The van der Waals surface area contributed by atoms with Gasteiger partial charge in [-0.15, -0.1) is 0 Å². The van der Waals surface area contributed by atoms with Crippen molar-refractivity contribution in [1.29, 1.82) is 0 Å². The van der Waals surface area contributed by atoms with Gasteiger partial charge in [-0.25, -0.2) is 8.42 Å². The predicted octanol–water partition coefficient (Wildman–Crippen LogP) is 7.06. The smallest absolute Gasteiger partial charge is 0.264 e. The van der Waals surface area contributed by atoms with Crippen LogP contribution < -0.4 is 14.4 Å². The van der Waals surface area contributed by atoms with Gasteiger partial charge in [0.05, 0.1) is 17.7 Å². The van der Waals surface area contributed by atoms with Gasteiger partial charge in [0.25, 0.3) is 10.0 Å². The number of carbonyl (C=O) groups excluding carboxylic acids is 2. The van der Waals surface area contributed by atoms with Crippen molar-refractivity contribution < 1.29 is 22.7 Å². The molecule has 0 unspecified atom stereocenters. The van der Waals surface area contributed by atoms with Gasteiger partial charge in [0, 0.05) is 28.5 Å². The Morgan fingerprint density at radius 1 is 0.851 bits per heavy atom.